The van der Waals surface area contributed by atoms with Crippen LogP contribution in [0.2, 0.25) is 0 Å². The van der Waals surface area contributed by atoms with Gasteiger partial charge in [-0.3, -0.25) is 4.79 Å². The van der Waals surface area contributed by atoms with Gasteiger partial charge in [-0.2, -0.15) is 0 Å². The molecule has 80 valence electrons. The van der Waals surface area contributed by atoms with Gasteiger partial charge in [0.2, 0.25) is 0 Å². The van der Waals surface area contributed by atoms with Gasteiger partial charge in [-0.05, 0) is 18.2 Å². The Morgan fingerprint density at radius 1 is 1.47 bits per heavy atom. The first-order valence-electron chi connectivity index (χ1n) is 3.93. The third kappa shape index (κ3) is 3.21. The number of halogens is 2. The molecule has 1 rings (SSSR count). The van der Waals surface area contributed by atoms with E-state index < -0.39 is 17.5 Å². The van der Waals surface area contributed by atoms with Crippen LogP contribution in [0.4, 0.5) is 10.1 Å². The van der Waals surface area contributed by atoms with E-state index in [0.29, 0.717) is 0 Å². The third-order valence-corrected chi connectivity index (χ3v) is 1.77. The van der Waals surface area contributed by atoms with Crippen LogP contribution in [0.25, 0.3) is 0 Å². The summed E-state index contributed by atoms with van der Waals surface area (Å²) in [6.07, 6.45) is 0. The summed E-state index contributed by atoms with van der Waals surface area (Å²) in [4.78, 5) is 21.4. The van der Waals surface area contributed by atoms with Crippen molar-refractivity contribution in [2.45, 2.75) is 5.63 Å². The Balaban J connectivity index is 2.83. The molecule has 0 aliphatic rings. The number of aromatic carboxylic acids is 1. The first kappa shape index (κ1) is 11.5. The van der Waals surface area contributed by atoms with Crippen molar-refractivity contribution >= 4 is 29.2 Å². The number of hydrogen-bond donors (Lipinski definition) is 2. The zero-order valence-corrected chi connectivity index (χ0v) is 8.16. The Labute approximate surface area is 89.7 Å². The van der Waals surface area contributed by atoms with E-state index >= 15 is 0 Å². The first-order chi connectivity index (χ1) is 7.00. The number of carbonyl (C=O) groups excluding carboxylic acids is 1. The SMILES string of the molecule is O=C(O)c1cccc(NC(=O)C(F)Cl)c1. The van der Waals surface area contributed by atoms with Crippen molar-refractivity contribution in [1.82, 2.24) is 0 Å². The lowest BCUT2D eigenvalue weighted by molar-refractivity contribution is -0.118. The fourth-order valence-corrected chi connectivity index (χ4v) is 0.981. The zero-order valence-electron chi connectivity index (χ0n) is 7.41. The lowest BCUT2D eigenvalue weighted by Crippen LogP contribution is -2.19. The molecule has 0 aliphatic heterocycles. The summed E-state index contributed by atoms with van der Waals surface area (Å²) >= 11 is 4.89. The van der Waals surface area contributed by atoms with Crippen LogP contribution in [-0.2, 0) is 4.79 Å². The number of anilines is 1. The Bertz CT molecular complexity index is 395. The molecule has 0 saturated carbocycles. The van der Waals surface area contributed by atoms with E-state index in [2.05, 4.69) is 5.32 Å². The maximum Gasteiger partial charge on any atom is 0.335 e. The fourth-order valence-electron chi connectivity index (χ4n) is 0.927. The lowest BCUT2D eigenvalue weighted by Gasteiger charge is -2.05. The van der Waals surface area contributed by atoms with E-state index in [9.17, 15) is 14.0 Å². The first-order valence-corrected chi connectivity index (χ1v) is 4.36. The summed E-state index contributed by atoms with van der Waals surface area (Å²) in [6.45, 7) is 0. The number of amides is 1. The molecule has 1 unspecified atom stereocenters. The molecule has 0 spiro atoms. The van der Waals surface area contributed by atoms with E-state index in [1.807, 2.05) is 0 Å². The van der Waals surface area contributed by atoms with Crippen LogP contribution in [0.15, 0.2) is 24.3 Å². The average molecular weight is 232 g/mol. The summed E-state index contributed by atoms with van der Waals surface area (Å²) in [5, 5.41) is 10.8. The predicted molar refractivity (Wildman–Crippen MR) is 52.8 cm³/mol. The minimum Gasteiger partial charge on any atom is -0.478 e. The summed E-state index contributed by atoms with van der Waals surface area (Å²) in [5.41, 5.74) is -1.97. The van der Waals surface area contributed by atoms with Gasteiger partial charge < -0.3 is 10.4 Å². The van der Waals surface area contributed by atoms with E-state index in [-0.39, 0.29) is 11.3 Å². The van der Waals surface area contributed by atoms with Crippen LogP contribution in [0.1, 0.15) is 10.4 Å². The van der Waals surface area contributed by atoms with Crippen molar-refractivity contribution in [3.8, 4) is 0 Å². The molecule has 0 saturated heterocycles. The van der Waals surface area contributed by atoms with E-state index in [1.165, 1.54) is 24.3 Å². The van der Waals surface area contributed by atoms with Crippen molar-refractivity contribution in [2.75, 3.05) is 5.32 Å². The number of rotatable bonds is 3. The highest BCUT2D eigenvalue weighted by molar-refractivity contribution is 6.31. The maximum absolute atomic E-state index is 12.3. The quantitative estimate of drug-likeness (QED) is 0.781. The molecule has 1 amide bonds. The van der Waals surface area contributed by atoms with Gasteiger partial charge >= 0.3 is 5.97 Å². The van der Waals surface area contributed by atoms with Crippen LogP contribution in [0.3, 0.4) is 0 Å². The van der Waals surface area contributed by atoms with Crippen molar-refractivity contribution in [2.24, 2.45) is 0 Å². The van der Waals surface area contributed by atoms with Crippen molar-refractivity contribution in [1.29, 1.82) is 0 Å². The minimum absolute atomic E-state index is 0.00205. The van der Waals surface area contributed by atoms with Crippen molar-refractivity contribution in [3.05, 3.63) is 29.8 Å². The summed E-state index contributed by atoms with van der Waals surface area (Å²) < 4.78 is 12.3. The summed E-state index contributed by atoms with van der Waals surface area (Å²) in [7, 11) is 0. The highest BCUT2D eigenvalue weighted by Crippen LogP contribution is 2.12. The van der Waals surface area contributed by atoms with Gasteiger partial charge in [0.05, 0.1) is 5.56 Å². The number of benzene rings is 1. The monoisotopic (exact) mass is 231 g/mol. The second-order valence-corrected chi connectivity index (χ2v) is 3.06. The van der Waals surface area contributed by atoms with Crippen LogP contribution < -0.4 is 5.32 Å². The van der Waals surface area contributed by atoms with Crippen LogP contribution in [0.5, 0.6) is 0 Å². The Kier molecular flexibility index (Phi) is 3.62. The van der Waals surface area contributed by atoms with E-state index in [1.54, 1.807) is 0 Å². The molecular weight excluding hydrogens is 225 g/mol. The molecule has 1 atom stereocenters. The molecule has 0 bridgehead atoms. The number of carboxylic acids is 1. The molecule has 0 aliphatic carbocycles. The van der Waals surface area contributed by atoms with Gasteiger partial charge in [-0.25, -0.2) is 9.18 Å². The van der Waals surface area contributed by atoms with E-state index in [4.69, 9.17) is 16.7 Å². The van der Waals surface area contributed by atoms with Crippen molar-refractivity contribution in [3.63, 3.8) is 0 Å². The van der Waals surface area contributed by atoms with Gasteiger partial charge in [-0.15, -0.1) is 0 Å². The Morgan fingerprint density at radius 3 is 2.67 bits per heavy atom. The highest BCUT2D eigenvalue weighted by Gasteiger charge is 2.13. The number of nitrogens with one attached hydrogen (secondary N) is 1. The van der Waals surface area contributed by atoms with Gasteiger partial charge in [0, 0.05) is 5.69 Å². The molecule has 0 heterocycles. The van der Waals surface area contributed by atoms with Crippen molar-refractivity contribution < 1.29 is 19.1 Å². The standard InChI is InChI=1S/C9H7ClFNO3/c10-7(11)8(13)12-6-3-1-2-5(4-6)9(14)15/h1-4,7H,(H,12,13)(H,14,15). The number of hydrogen-bond acceptors (Lipinski definition) is 2. The smallest absolute Gasteiger partial charge is 0.335 e. The van der Waals surface area contributed by atoms with Crippen LogP contribution in [-0.4, -0.2) is 22.6 Å². The minimum atomic E-state index is -2.15. The van der Waals surface area contributed by atoms with Gasteiger partial charge in [0.1, 0.15) is 0 Å². The van der Waals surface area contributed by atoms with Crippen LogP contribution >= 0.6 is 11.6 Å². The van der Waals surface area contributed by atoms with E-state index in [0.717, 1.165) is 0 Å². The normalized spacial score (nSPS) is 11.9. The highest BCUT2D eigenvalue weighted by atomic mass is 35.5. The second-order valence-electron chi connectivity index (χ2n) is 2.68. The molecule has 1 aromatic carbocycles. The topological polar surface area (TPSA) is 66.4 Å². The largest absolute Gasteiger partial charge is 0.478 e. The Morgan fingerprint density at radius 2 is 2.13 bits per heavy atom. The van der Waals surface area contributed by atoms with Gasteiger partial charge in [-0.1, -0.05) is 17.7 Å². The molecule has 0 radical (unpaired) electrons. The average Bonchev–Trinajstić information content (AvgIpc) is 2.18. The lowest BCUT2D eigenvalue weighted by atomic mass is 10.2. The zero-order chi connectivity index (χ0) is 11.4. The number of carboxylic acid groups (broad SMARTS) is 1. The number of carbonyl (C=O) groups is 2. The Hall–Kier alpha value is -1.62. The van der Waals surface area contributed by atoms with Crippen LogP contribution in [0, 0.1) is 0 Å². The third-order valence-electron chi connectivity index (χ3n) is 1.58. The maximum atomic E-state index is 12.3. The molecule has 0 aromatic heterocycles. The molecule has 15 heavy (non-hydrogen) atoms. The fraction of sp³-hybridized carbons (Fsp3) is 0.111. The molecule has 0 fully saturated rings. The molecule has 4 nitrogen and oxygen atoms in total. The molecule has 6 heteroatoms. The second kappa shape index (κ2) is 4.75. The van der Waals surface area contributed by atoms with Gasteiger partial charge in [0.15, 0.2) is 0 Å². The number of alkyl halides is 2. The van der Waals surface area contributed by atoms with Gasteiger partial charge in [0.25, 0.3) is 11.5 Å². The molecule has 2 N–H and O–H groups in total. The summed E-state index contributed by atoms with van der Waals surface area (Å²) in [5.74, 6) is -2.16. The molecule has 1 aromatic rings. The molecular formula is C9H7ClFNO3. The predicted octanol–water partition coefficient (Wildman–Crippen LogP) is 1.86. The summed E-state index contributed by atoms with van der Waals surface area (Å²) in [6, 6.07) is 5.43.